The zero-order chi connectivity index (χ0) is 10.1. The lowest BCUT2D eigenvalue weighted by molar-refractivity contribution is 0.361. The lowest BCUT2D eigenvalue weighted by Gasteiger charge is -2.10. The summed E-state index contributed by atoms with van der Waals surface area (Å²) in [5.41, 5.74) is 5.64. The topological polar surface area (TPSA) is 68.2 Å². The maximum absolute atomic E-state index is 5.64. The van der Waals surface area contributed by atoms with Crippen molar-refractivity contribution in [3.8, 4) is 0 Å². The number of nitrogens with two attached hydrogens (primary N) is 1. The van der Waals surface area contributed by atoms with Crippen LogP contribution < -0.4 is 10.6 Å². The summed E-state index contributed by atoms with van der Waals surface area (Å²) in [5, 5.41) is 3.91. The van der Waals surface area contributed by atoms with Crippen molar-refractivity contribution in [3.63, 3.8) is 0 Å². The van der Waals surface area contributed by atoms with Crippen LogP contribution in [0.1, 0.15) is 32.2 Å². The molecule has 2 heterocycles. The Morgan fingerprint density at radius 3 is 2.93 bits per heavy atom. The van der Waals surface area contributed by atoms with Crippen LogP contribution in [0.2, 0.25) is 0 Å². The quantitative estimate of drug-likeness (QED) is 0.762. The van der Waals surface area contributed by atoms with E-state index in [4.69, 9.17) is 10.3 Å². The van der Waals surface area contributed by atoms with Crippen LogP contribution in [0.5, 0.6) is 0 Å². The second kappa shape index (κ2) is 3.57. The second-order valence-corrected chi connectivity index (χ2v) is 4.06. The fourth-order valence-corrected chi connectivity index (χ4v) is 1.66. The van der Waals surface area contributed by atoms with Crippen molar-refractivity contribution >= 4 is 5.95 Å². The highest BCUT2D eigenvalue weighted by Gasteiger charge is 2.23. The molecule has 0 spiro atoms. The number of rotatable bonds is 2. The minimum atomic E-state index is -0.184. The van der Waals surface area contributed by atoms with Crippen LogP contribution in [0, 0.1) is 5.92 Å². The highest BCUT2D eigenvalue weighted by molar-refractivity contribution is 5.29. The van der Waals surface area contributed by atoms with Gasteiger partial charge in [-0.25, -0.2) is 0 Å². The van der Waals surface area contributed by atoms with Crippen LogP contribution >= 0.6 is 0 Å². The highest BCUT2D eigenvalue weighted by atomic mass is 16.5. The largest absolute Gasteiger partial charge is 0.338 e. The van der Waals surface area contributed by atoms with E-state index in [1.54, 1.807) is 0 Å². The van der Waals surface area contributed by atoms with Crippen molar-refractivity contribution in [1.82, 2.24) is 10.1 Å². The summed E-state index contributed by atoms with van der Waals surface area (Å²) in [4.78, 5) is 6.39. The van der Waals surface area contributed by atoms with Crippen molar-refractivity contribution in [2.75, 3.05) is 18.0 Å². The minimum Gasteiger partial charge on any atom is -0.338 e. The van der Waals surface area contributed by atoms with Gasteiger partial charge in [0.15, 0.2) is 0 Å². The third-order valence-corrected chi connectivity index (χ3v) is 2.53. The predicted octanol–water partition coefficient (Wildman–Crippen LogP) is 0.936. The molecule has 0 amide bonds. The molecule has 2 N–H and O–H groups in total. The van der Waals surface area contributed by atoms with Gasteiger partial charge >= 0.3 is 0 Å². The molecule has 5 nitrogen and oxygen atoms in total. The van der Waals surface area contributed by atoms with E-state index >= 15 is 0 Å². The Balaban J connectivity index is 2.09. The molecule has 2 rings (SSSR count). The van der Waals surface area contributed by atoms with E-state index in [-0.39, 0.29) is 6.04 Å². The second-order valence-electron chi connectivity index (χ2n) is 4.06. The molecule has 0 saturated carbocycles. The monoisotopic (exact) mass is 196 g/mol. The Labute approximate surface area is 83.3 Å². The molecule has 1 aliphatic rings. The molecule has 1 aromatic heterocycles. The summed E-state index contributed by atoms with van der Waals surface area (Å²) >= 11 is 0. The summed E-state index contributed by atoms with van der Waals surface area (Å²) in [5.74, 6) is 1.91. The van der Waals surface area contributed by atoms with Gasteiger partial charge in [-0.15, -0.1) is 0 Å². The van der Waals surface area contributed by atoms with Gasteiger partial charge in [-0.3, -0.25) is 0 Å². The molecule has 5 heteroatoms. The minimum absolute atomic E-state index is 0.184. The third-order valence-electron chi connectivity index (χ3n) is 2.53. The Hall–Kier alpha value is -1.10. The van der Waals surface area contributed by atoms with Gasteiger partial charge in [0.2, 0.25) is 5.89 Å². The van der Waals surface area contributed by atoms with Crippen LogP contribution in [0.3, 0.4) is 0 Å². The van der Waals surface area contributed by atoms with Crippen LogP contribution in [0.4, 0.5) is 5.95 Å². The van der Waals surface area contributed by atoms with Gasteiger partial charge < -0.3 is 15.2 Å². The van der Waals surface area contributed by atoms with Crippen molar-refractivity contribution in [2.45, 2.75) is 26.3 Å². The third kappa shape index (κ3) is 1.72. The lowest BCUT2D eigenvalue weighted by atomic mass is 10.2. The number of hydrogen-bond acceptors (Lipinski definition) is 5. The van der Waals surface area contributed by atoms with E-state index in [0.29, 0.717) is 17.8 Å². The first-order chi connectivity index (χ1) is 6.66. The molecule has 14 heavy (non-hydrogen) atoms. The Kier molecular flexibility index (Phi) is 2.41. The Morgan fingerprint density at radius 2 is 2.43 bits per heavy atom. The molecular weight excluding hydrogens is 180 g/mol. The van der Waals surface area contributed by atoms with Gasteiger partial charge in [0, 0.05) is 13.1 Å². The number of anilines is 1. The van der Waals surface area contributed by atoms with Crippen LogP contribution in [0.25, 0.3) is 0 Å². The molecule has 0 radical (unpaired) electrons. The van der Waals surface area contributed by atoms with E-state index in [2.05, 4.69) is 22.0 Å². The zero-order valence-corrected chi connectivity index (χ0v) is 8.60. The SMILES string of the molecule is CC1CCN(c2noc([C@H](C)N)n2)C1. The molecule has 1 unspecified atom stereocenters. The fourth-order valence-electron chi connectivity index (χ4n) is 1.66. The average Bonchev–Trinajstić information content (AvgIpc) is 2.70. The maximum atomic E-state index is 5.64. The number of hydrogen-bond donors (Lipinski definition) is 1. The molecule has 0 aromatic carbocycles. The summed E-state index contributed by atoms with van der Waals surface area (Å²) in [6.45, 7) is 6.09. The summed E-state index contributed by atoms with van der Waals surface area (Å²) in [6.07, 6.45) is 1.20. The van der Waals surface area contributed by atoms with Gasteiger partial charge in [-0.2, -0.15) is 4.98 Å². The normalized spacial score (nSPS) is 24.2. The first-order valence-electron chi connectivity index (χ1n) is 5.01. The lowest BCUT2D eigenvalue weighted by Crippen LogP contribution is -2.20. The molecule has 1 saturated heterocycles. The Morgan fingerprint density at radius 1 is 1.64 bits per heavy atom. The van der Waals surface area contributed by atoms with Gasteiger partial charge in [-0.1, -0.05) is 6.92 Å². The molecule has 1 aliphatic heterocycles. The first-order valence-corrected chi connectivity index (χ1v) is 5.01. The van der Waals surface area contributed by atoms with E-state index in [1.807, 2.05) is 6.92 Å². The standard InChI is InChI=1S/C9H16N4O/c1-6-3-4-13(5-6)9-11-8(7(2)10)14-12-9/h6-7H,3-5,10H2,1-2H3/t6?,7-/m0/s1. The van der Waals surface area contributed by atoms with Crippen molar-refractivity contribution in [1.29, 1.82) is 0 Å². The molecule has 1 fully saturated rings. The smallest absolute Gasteiger partial charge is 0.266 e. The molecule has 0 aliphatic carbocycles. The average molecular weight is 196 g/mol. The maximum Gasteiger partial charge on any atom is 0.266 e. The highest BCUT2D eigenvalue weighted by Crippen LogP contribution is 2.21. The summed E-state index contributed by atoms with van der Waals surface area (Å²) < 4.78 is 5.05. The zero-order valence-electron chi connectivity index (χ0n) is 8.60. The van der Waals surface area contributed by atoms with Crippen LogP contribution in [-0.4, -0.2) is 23.2 Å². The first kappa shape index (κ1) is 9.45. The fraction of sp³-hybridized carbons (Fsp3) is 0.778. The van der Waals surface area contributed by atoms with Gasteiger partial charge in [0.1, 0.15) is 0 Å². The van der Waals surface area contributed by atoms with Crippen molar-refractivity contribution < 1.29 is 4.52 Å². The van der Waals surface area contributed by atoms with Crippen LogP contribution in [0.15, 0.2) is 4.52 Å². The predicted molar refractivity (Wildman–Crippen MR) is 52.9 cm³/mol. The summed E-state index contributed by atoms with van der Waals surface area (Å²) in [6, 6.07) is -0.184. The van der Waals surface area contributed by atoms with Crippen LogP contribution in [-0.2, 0) is 0 Å². The van der Waals surface area contributed by atoms with Crippen molar-refractivity contribution in [3.05, 3.63) is 5.89 Å². The number of aromatic nitrogens is 2. The summed E-state index contributed by atoms with van der Waals surface area (Å²) in [7, 11) is 0. The van der Waals surface area contributed by atoms with E-state index in [0.717, 1.165) is 13.1 Å². The van der Waals surface area contributed by atoms with Gasteiger partial charge in [0.25, 0.3) is 5.95 Å². The molecule has 78 valence electrons. The molecule has 2 atom stereocenters. The van der Waals surface area contributed by atoms with Gasteiger partial charge in [0.05, 0.1) is 6.04 Å². The molecule has 0 bridgehead atoms. The van der Waals surface area contributed by atoms with E-state index in [9.17, 15) is 0 Å². The Bertz CT molecular complexity index is 310. The van der Waals surface area contributed by atoms with Crippen molar-refractivity contribution in [2.24, 2.45) is 11.7 Å². The number of nitrogens with zero attached hydrogens (tertiary/aromatic N) is 3. The molecule has 1 aromatic rings. The van der Waals surface area contributed by atoms with E-state index < -0.39 is 0 Å². The van der Waals surface area contributed by atoms with E-state index in [1.165, 1.54) is 6.42 Å². The molecular formula is C9H16N4O. The van der Waals surface area contributed by atoms with Gasteiger partial charge in [-0.05, 0) is 24.4 Å².